The van der Waals surface area contributed by atoms with Gasteiger partial charge in [0.15, 0.2) is 0 Å². The quantitative estimate of drug-likeness (QED) is 0.662. The SMILES string of the molecule is C[C@@H](NC(=O)CSc1nnc(-c2cccnc2)o1)c1cccc(Cl)c1. The van der Waals surface area contributed by atoms with Gasteiger partial charge in [0, 0.05) is 17.4 Å². The van der Waals surface area contributed by atoms with Crippen LogP contribution in [0.2, 0.25) is 5.02 Å². The minimum absolute atomic E-state index is 0.126. The highest BCUT2D eigenvalue weighted by molar-refractivity contribution is 7.99. The summed E-state index contributed by atoms with van der Waals surface area (Å²) in [4.78, 5) is 16.1. The van der Waals surface area contributed by atoms with Crippen LogP contribution in [0.3, 0.4) is 0 Å². The van der Waals surface area contributed by atoms with Crippen LogP contribution in [0.15, 0.2) is 58.4 Å². The normalized spacial score (nSPS) is 11.9. The zero-order valence-corrected chi connectivity index (χ0v) is 14.9. The first-order valence-corrected chi connectivity index (χ1v) is 8.89. The Morgan fingerprint density at radius 1 is 1.32 bits per heavy atom. The predicted octanol–water partition coefficient (Wildman–Crippen LogP) is 3.75. The summed E-state index contributed by atoms with van der Waals surface area (Å²) < 4.78 is 5.53. The summed E-state index contributed by atoms with van der Waals surface area (Å²) in [7, 11) is 0. The number of thioether (sulfide) groups is 1. The lowest BCUT2D eigenvalue weighted by Gasteiger charge is -2.14. The van der Waals surface area contributed by atoms with Gasteiger partial charge < -0.3 is 9.73 Å². The minimum Gasteiger partial charge on any atom is -0.411 e. The van der Waals surface area contributed by atoms with Crippen LogP contribution in [0.25, 0.3) is 11.5 Å². The highest BCUT2D eigenvalue weighted by Gasteiger charge is 2.13. The number of hydrogen-bond acceptors (Lipinski definition) is 6. The molecule has 0 unspecified atom stereocenters. The van der Waals surface area contributed by atoms with E-state index in [0.717, 1.165) is 11.1 Å². The highest BCUT2D eigenvalue weighted by atomic mass is 35.5. The van der Waals surface area contributed by atoms with Gasteiger partial charge in [-0.15, -0.1) is 10.2 Å². The van der Waals surface area contributed by atoms with Crippen molar-refractivity contribution < 1.29 is 9.21 Å². The standard InChI is InChI=1S/C17H15ClN4O2S/c1-11(12-4-2-6-14(18)8-12)20-15(23)10-25-17-22-21-16(24-17)13-5-3-7-19-9-13/h2-9,11H,10H2,1H3,(H,20,23)/t11-/m1/s1. The van der Waals surface area contributed by atoms with Crippen LogP contribution in [0.5, 0.6) is 0 Å². The molecule has 0 aliphatic heterocycles. The van der Waals surface area contributed by atoms with Gasteiger partial charge in [-0.2, -0.15) is 0 Å². The van der Waals surface area contributed by atoms with Crippen molar-refractivity contribution in [1.29, 1.82) is 0 Å². The summed E-state index contributed by atoms with van der Waals surface area (Å²) in [5, 5.41) is 11.8. The fraction of sp³-hybridized carbons (Fsp3) is 0.176. The molecule has 128 valence electrons. The third-order valence-electron chi connectivity index (χ3n) is 3.37. The van der Waals surface area contributed by atoms with Gasteiger partial charge in [0.2, 0.25) is 11.8 Å². The summed E-state index contributed by atoms with van der Waals surface area (Å²) in [6, 6.07) is 10.9. The molecule has 0 fully saturated rings. The predicted molar refractivity (Wildman–Crippen MR) is 96.3 cm³/mol. The number of rotatable bonds is 6. The van der Waals surface area contributed by atoms with E-state index in [1.807, 2.05) is 31.2 Å². The average molecular weight is 375 g/mol. The monoisotopic (exact) mass is 374 g/mol. The Kier molecular flexibility index (Phi) is 5.67. The number of amides is 1. The van der Waals surface area contributed by atoms with Crippen molar-refractivity contribution in [2.75, 3.05) is 5.75 Å². The van der Waals surface area contributed by atoms with Crippen LogP contribution in [-0.4, -0.2) is 26.8 Å². The molecule has 1 atom stereocenters. The number of nitrogens with zero attached hydrogens (tertiary/aromatic N) is 3. The largest absolute Gasteiger partial charge is 0.411 e. The van der Waals surface area contributed by atoms with Crippen LogP contribution in [0, 0.1) is 0 Å². The number of nitrogens with one attached hydrogen (secondary N) is 1. The van der Waals surface area contributed by atoms with Gasteiger partial charge in [0.05, 0.1) is 17.4 Å². The average Bonchev–Trinajstić information content (AvgIpc) is 3.10. The molecule has 0 saturated carbocycles. The molecule has 2 heterocycles. The molecule has 0 aliphatic carbocycles. The maximum absolute atomic E-state index is 12.1. The smallest absolute Gasteiger partial charge is 0.277 e. The molecule has 2 aromatic heterocycles. The van der Waals surface area contributed by atoms with Gasteiger partial charge in [-0.1, -0.05) is 35.5 Å². The molecule has 0 saturated heterocycles. The van der Waals surface area contributed by atoms with Crippen LogP contribution in [0.1, 0.15) is 18.5 Å². The first kappa shape index (κ1) is 17.4. The van der Waals surface area contributed by atoms with Gasteiger partial charge >= 0.3 is 0 Å². The first-order valence-electron chi connectivity index (χ1n) is 7.53. The van der Waals surface area contributed by atoms with E-state index in [9.17, 15) is 4.79 Å². The fourth-order valence-corrected chi connectivity index (χ4v) is 2.92. The van der Waals surface area contributed by atoms with E-state index in [0.29, 0.717) is 16.1 Å². The van der Waals surface area contributed by atoms with Crippen molar-refractivity contribution in [2.24, 2.45) is 0 Å². The van der Waals surface area contributed by atoms with E-state index in [-0.39, 0.29) is 17.7 Å². The summed E-state index contributed by atoms with van der Waals surface area (Å²) in [6.45, 7) is 1.90. The van der Waals surface area contributed by atoms with E-state index >= 15 is 0 Å². The topological polar surface area (TPSA) is 80.9 Å². The number of benzene rings is 1. The van der Waals surface area contributed by atoms with Crippen LogP contribution >= 0.6 is 23.4 Å². The van der Waals surface area contributed by atoms with E-state index < -0.39 is 0 Å². The first-order chi connectivity index (χ1) is 12.1. The molecular weight excluding hydrogens is 360 g/mol. The molecule has 6 nitrogen and oxygen atoms in total. The number of halogens is 1. The summed E-state index contributed by atoms with van der Waals surface area (Å²) >= 11 is 7.16. The van der Waals surface area contributed by atoms with Crippen LogP contribution in [0.4, 0.5) is 0 Å². The number of hydrogen-bond donors (Lipinski definition) is 1. The lowest BCUT2D eigenvalue weighted by atomic mass is 10.1. The fourth-order valence-electron chi connectivity index (χ4n) is 2.14. The van der Waals surface area contributed by atoms with Gasteiger partial charge in [-0.05, 0) is 36.8 Å². The Hall–Kier alpha value is -2.38. The van der Waals surface area contributed by atoms with Crippen molar-refractivity contribution in [3.05, 3.63) is 59.4 Å². The summed E-state index contributed by atoms with van der Waals surface area (Å²) in [6.07, 6.45) is 3.31. The van der Waals surface area contributed by atoms with Gasteiger partial charge in [-0.3, -0.25) is 9.78 Å². The Morgan fingerprint density at radius 3 is 2.96 bits per heavy atom. The molecule has 25 heavy (non-hydrogen) atoms. The van der Waals surface area contributed by atoms with E-state index in [4.69, 9.17) is 16.0 Å². The second kappa shape index (κ2) is 8.13. The number of carbonyl (C=O) groups excluding carboxylic acids is 1. The van der Waals surface area contributed by atoms with E-state index in [2.05, 4.69) is 20.5 Å². The zero-order chi connectivity index (χ0) is 17.6. The maximum Gasteiger partial charge on any atom is 0.277 e. The van der Waals surface area contributed by atoms with Crippen LogP contribution < -0.4 is 5.32 Å². The van der Waals surface area contributed by atoms with Crippen molar-refractivity contribution in [3.8, 4) is 11.5 Å². The lowest BCUT2D eigenvalue weighted by molar-refractivity contribution is -0.119. The van der Waals surface area contributed by atoms with Crippen molar-refractivity contribution in [2.45, 2.75) is 18.2 Å². The molecule has 0 radical (unpaired) electrons. The number of carbonyl (C=O) groups is 1. The molecule has 0 aliphatic rings. The number of aromatic nitrogens is 3. The summed E-state index contributed by atoms with van der Waals surface area (Å²) in [5.41, 5.74) is 1.68. The van der Waals surface area contributed by atoms with Gasteiger partial charge in [-0.25, -0.2) is 0 Å². The van der Waals surface area contributed by atoms with Crippen LogP contribution in [-0.2, 0) is 4.79 Å². The third-order valence-corrected chi connectivity index (χ3v) is 4.42. The lowest BCUT2D eigenvalue weighted by Crippen LogP contribution is -2.28. The second-order valence-electron chi connectivity index (χ2n) is 5.25. The molecule has 0 bridgehead atoms. The van der Waals surface area contributed by atoms with Crippen molar-refractivity contribution in [3.63, 3.8) is 0 Å². The molecule has 0 spiro atoms. The molecule has 8 heteroatoms. The zero-order valence-electron chi connectivity index (χ0n) is 13.3. The minimum atomic E-state index is -0.138. The van der Waals surface area contributed by atoms with E-state index in [1.165, 1.54) is 11.8 Å². The Morgan fingerprint density at radius 2 is 2.20 bits per heavy atom. The maximum atomic E-state index is 12.1. The summed E-state index contributed by atoms with van der Waals surface area (Å²) in [5.74, 6) is 0.432. The molecule has 1 N–H and O–H groups in total. The van der Waals surface area contributed by atoms with Crippen molar-refractivity contribution >= 4 is 29.3 Å². The Labute approximate surface area is 154 Å². The van der Waals surface area contributed by atoms with Gasteiger partial charge in [0.1, 0.15) is 0 Å². The Balaban J connectivity index is 1.53. The third kappa shape index (κ3) is 4.80. The number of pyridine rings is 1. The second-order valence-corrected chi connectivity index (χ2v) is 6.61. The molecular formula is C17H15ClN4O2S. The van der Waals surface area contributed by atoms with Crippen molar-refractivity contribution in [1.82, 2.24) is 20.5 Å². The van der Waals surface area contributed by atoms with E-state index in [1.54, 1.807) is 24.5 Å². The molecule has 1 aromatic carbocycles. The molecule has 3 aromatic rings. The highest BCUT2D eigenvalue weighted by Crippen LogP contribution is 2.23. The molecule has 3 rings (SSSR count). The van der Waals surface area contributed by atoms with Gasteiger partial charge in [0.25, 0.3) is 5.22 Å². The Bertz CT molecular complexity index is 857. The molecule has 1 amide bonds.